The van der Waals surface area contributed by atoms with Crippen LogP contribution >= 0.6 is 0 Å². The summed E-state index contributed by atoms with van der Waals surface area (Å²) in [7, 11) is 1.79. The third-order valence-corrected chi connectivity index (χ3v) is 3.67. The molecule has 2 unspecified atom stereocenters. The zero-order valence-electron chi connectivity index (χ0n) is 11.5. The maximum atomic E-state index is 11.8. The van der Waals surface area contributed by atoms with Gasteiger partial charge in [0, 0.05) is 20.1 Å². The average Bonchev–Trinajstić information content (AvgIpc) is 2.80. The first-order chi connectivity index (χ1) is 9.63. The number of nitrogens with two attached hydrogens (primary N) is 1. The first-order valence-electron chi connectivity index (χ1n) is 6.64. The van der Waals surface area contributed by atoms with Crippen LogP contribution in [0, 0.1) is 0 Å². The molecule has 4 N–H and O–H groups in total. The maximum absolute atomic E-state index is 11.8. The first-order valence-corrected chi connectivity index (χ1v) is 6.64. The molecule has 1 aromatic carbocycles. The Balaban J connectivity index is 2.04. The summed E-state index contributed by atoms with van der Waals surface area (Å²) in [5.74, 6) is -0.0151. The molecule has 1 heterocycles. The predicted molar refractivity (Wildman–Crippen MR) is 76.6 cm³/mol. The van der Waals surface area contributed by atoms with Crippen LogP contribution in [0.25, 0.3) is 0 Å². The van der Waals surface area contributed by atoms with Crippen molar-refractivity contribution >= 4 is 11.7 Å². The van der Waals surface area contributed by atoms with Crippen LogP contribution in [-0.2, 0) is 4.79 Å². The van der Waals surface area contributed by atoms with Crippen molar-refractivity contribution in [3.05, 3.63) is 35.9 Å². The van der Waals surface area contributed by atoms with Gasteiger partial charge in [-0.05, 0) is 12.0 Å². The summed E-state index contributed by atoms with van der Waals surface area (Å²) in [5, 5.41) is 15.2. The number of carbonyl (C=O) groups excluding carboxylic acids is 1. The lowest BCUT2D eigenvalue weighted by molar-refractivity contribution is -0.128. The molecule has 6 nitrogen and oxygen atoms in total. The summed E-state index contributed by atoms with van der Waals surface area (Å²) in [5.41, 5.74) is 6.71. The van der Waals surface area contributed by atoms with E-state index in [-0.39, 0.29) is 23.7 Å². The normalized spacial score (nSPS) is 21.2. The van der Waals surface area contributed by atoms with Gasteiger partial charge in [0.05, 0.1) is 12.0 Å². The van der Waals surface area contributed by atoms with Gasteiger partial charge in [0.2, 0.25) is 5.91 Å². The van der Waals surface area contributed by atoms with Crippen molar-refractivity contribution in [3.8, 4) is 0 Å². The highest BCUT2D eigenvalue weighted by Gasteiger charge is 2.29. The third kappa shape index (κ3) is 3.08. The van der Waals surface area contributed by atoms with Crippen molar-refractivity contribution in [2.24, 2.45) is 10.9 Å². The number of likely N-dealkylation sites (N-methyl/N-ethyl adjacent to an activating group) is 1. The second-order valence-electron chi connectivity index (χ2n) is 5.00. The van der Waals surface area contributed by atoms with Gasteiger partial charge in [-0.3, -0.25) is 4.79 Å². The zero-order valence-corrected chi connectivity index (χ0v) is 11.5. The number of rotatable bonds is 5. The van der Waals surface area contributed by atoms with Crippen LogP contribution < -0.4 is 11.1 Å². The first kappa shape index (κ1) is 14.3. The van der Waals surface area contributed by atoms with Gasteiger partial charge in [-0.25, -0.2) is 0 Å². The lowest BCUT2D eigenvalue weighted by Crippen LogP contribution is -2.41. The number of hydrogen-bond donors (Lipinski definition) is 3. The summed E-state index contributed by atoms with van der Waals surface area (Å²) in [6.07, 6.45) is 0.785. The average molecular weight is 276 g/mol. The number of amidine groups is 1. The van der Waals surface area contributed by atoms with Crippen molar-refractivity contribution in [1.82, 2.24) is 10.2 Å². The summed E-state index contributed by atoms with van der Waals surface area (Å²) in [4.78, 5) is 13.6. The van der Waals surface area contributed by atoms with Gasteiger partial charge in [0.25, 0.3) is 0 Å². The number of hydrogen-bond acceptors (Lipinski definition) is 4. The molecule has 0 radical (unpaired) electrons. The Labute approximate surface area is 118 Å². The second-order valence-corrected chi connectivity index (χ2v) is 5.00. The van der Waals surface area contributed by atoms with Crippen LogP contribution in [0.1, 0.15) is 17.9 Å². The number of nitrogens with zero attached hydrogens (tertiary/aromatic N) is 2. The van der Waals surface area contributed by atoms with Gasteiger partial charge in [0.1, 0.15) is 5.84 Å². The predicted octanol–water partition coefficient (Wildman–Crippen LogP) is 0.337. The molecule has 0 bridgehead atoms. The van der Waals surface area contributed by atoms with Gasteiger partial charge >= 0.3 is 0 Å². The Hall–Kier alpha value is -2.08. The molecule has 1 fully saturated rings. The van der Waals surface area contributed by atoms with Gasteiger partial charge in [0.15, 0.2) is 0 Å². The Morgan fingerprint density at radius 1 is 1.55 bits per heavy atom. The molecule has 1 amide bonds. The number of carbonyl (C=O) groups is 1. The molecular weight excluding hydrogens is 256 g/mol. The molecule has 1 aliphatic rings. The number of likely N-dealkylation sites (tertiary alicyclic amines) is 1. The Morgan fingerprint density at radius 3 is 2.80 bits per heavy atom. The molecule has 0 spiro atoms. The molecular formula is C14H20N4O2. The van der Waals surface area contributed by atoms with Crippen LogP contribution in [0.15, 0.2) is 35.5 Å². The minimum Gasteiger partial charge on any atom is -0.409 e. The van der Waals surface area contributed by atoms with E-state index >= 15 is 0 Å². The number of amides is 1. The highest BCUT2D eigenvalue weighted by Crippen LogP contribution is 2.16. The molecule has 0 saturated carbocycles. The van der Waals surface area contributed by atoms with Gasteiger partial charge in [-0.1, -0.05) is 35.5 Å². The van der Waals surface area contributed by atoms with Gasteiger partial charge < -0.3 is 21.2 Å². The van der Waals surface area contributed by atoms with Gasteiger partial charge in [-0.15, -0.1) is 0 Å². The van der Waals surface area contributed by atoms with Crippen molar-refractivity contribution in [2.45, 2.75) is 18.4 Å². The van der Waals surface area contributed by atoms with E-state index in [1.165, 1.54) is 0 Å². The van der Waals surface area contributed by atoms with Crippen molar-refractivity contribution in [3.63, 3.8) is 0 Å². The van der Waals surface area contributed by atoms with E-state index in [2.05, 4.69) is 10.5 Å². The minimum absolute atomic E-state index is 0.0938. The molecule has 6 heteroatoms. The monoisotopic (exact) mass is 276 g/mol. The van der Waals surface area contributed by atoms with E-state index in [4.69, 9.17) is 10.9 Å². The Morgan fingerprint density at radius 2 is 2.25 bits per heavy atom. The van der Waals surface area contributed by atoms with Crippen molar-refractivity contribution < 1.29 is 10.0 Å². The Kier molecular flexibility index (Phi) is 4.57. The fourth-order valence-electron chi connectivity index (χ4n) is 2.42. The van der Waals surface area contributed by atoms with Crippen LogP contribution in [0.3, 0.4) is 0 Å². The van der Waals surface area contributed by atoms with E-state index in [0.717, 1.165) is 18.5 Å². The topological polar surface area (TPSA) is 90.9 Å². The standard InChI is InChI=1S/C14H20N4O2/c1-18-8-7-12(14(18)19)16-9-11(13(15)17-20)10-5-3-2-4-6-10/h2-6,11-12,16,20H,7-9H2,1H3,(H2,15,17). The van der Waals surface area contributed by atoms with E-state index in [0.29, 0.717) is 6.54 Å². The molecule has 108 valence electrons. The molecule has 2 rings (SSSR count). The summed E-state index contributed by atoms with van der Waals surface area (Å²) < 4.78 is 0. The maximum Gasteiger partial charge on any atom is 0.239 e. The van der Waals surface area contributed by atoms with E-state index in [1.807, 2.05) is 30.3 Å². The SMILES string of the molecule is CN1CCC(NCC(/C(N)=N/O)c2ccccc2)C1=O. The van der Waals surface area contributed by atoms with Crippen LogP contribution in [-0.4, -0.2) is 48.0 Å². The molecule has 2 atom stereocenters. The molecule has 0 aliphatic carbocycles. The van der Waals surface area contributed by atoms with Crippen molar-refractivity contribution in [1.29, 1.82) is 0 Å². The quantitative estimate of drug-likeness (QED) is 0.313. The number of oxime groups is 1. The smallest absolute Gasteiger partial charge is 0.239 e. The minimum atomic E-state index is -0.250. The number of benzene rings is 1. The van der Waals surface area contributed by atoms with Crippen molar-refractivity contribution in [2.75, 3.05) is 20.1 Å². The lowest BCUT2D eigenvalue weighted by Gasteiger charge is -2.19. The summed E-state index contributed by atoms with van der Waals surface area (Å²) in [6, 6.07) is 9.39. The second kappa shape index (κ2) is 6.38. The van der Waals surface area contributed by atoms with E-state index in [9.17, 15) is 4.79 Å². The zero-order chi connectivity index (χ0) is 14.5. The molecule has 1 saturated heterocycles. The fraction of sp³-hybridized carbons (Fsp3) is 0.429. The van der Waals surface area contributed by atoms with Gasteiger partial charge in [-0.2, -0.15) is 0 Å². The lowest BCUT2D eigenvalue weighted by atomic mass is 9.97. The molecule has 20 heavy (non-hydrogen) atoms. The van der Waals surface area contributed by atoms with E-state index in [1.54, 1.807) is 11.9 Å². The van der Waals surface area contributed by atoms with Crippen LogP contribution in [0.5, 0.6) is 0 Å². The fourth-order valence-corrected chi connectivity index (χ4v) is 2.42. The largest absolute Gasteiger partial charge is 0.409 e. The van der Waals surface area contributed by atoms with Crippen LogP contribution in [0.2, 0.25) is 0 Å². The highest BCUT2D eigenvalue weighted by molar-refractivity contribution is 5.87. The molecule has 1 aromatic rings. The van der Waals surface area contributed by atoms with Crippen LogP contribution in [0.4, 0.5) is 0 Å². The molecule has 1 aliphatic heterocycles. The summed E-state index contributed by atoms with van der Waals surface area (Å²) in [6.45, 7) is 1.22. The Bertz CT molecular complexity index is 489. The highest BCUT2D eigenvalue weighted by atomic mass is 16.4. The van der Waals surface area contributed by atoms with E-state index < -0.39 is 0 Å². The molecule has 0 aromatic heterocycles. The third-order valence-electron chi connectivity index (χ3n) is 3.67. The summed E-state index contributed by atoms with van der Waals surface area (Å²) >= 11 is 0. The number of nitrogens with one attached hydrogen (secondary N) is 1.